The monoisotopic (exact) mass is 252 g/mol. The summed E-state index contributed by atoms with van der Waals surface area (Å²) >= 11 is 0. The quantitative estimate of drug-likeness (QED) is 0.761. The Hall–Kier alpha value is -0.610. The second-order valence-electron chi connectivity index (χ2n) is 6.20. The number of piperidine rings is 1. The lowest BCUT2D eigenvalue weighted by Crippen LogP contribution is -2.59. The Labute approximate surface area is 109 Å². The number of hydrogen-bond donors (Lipinski definition) is 1. The summed E-state index contributed by atoms with van der Waals surface area (Å²) in [6.45, 7) is 5.78. The fraction of sp³-hybridized carbons (Fsp3) is 0.929. The van der Waals surface area contributed by atoms with E-state index in [1.165, 1.54) is 6.42 Å². The lowest BCUT2D eigenvalue weighted by Gasteiger charge is -2.47. The highest BCUT2D eigenvalue weighted by Gasteiger charge is 2.41. The van der Waals surface area contributed by atoms with Crippen LogP contribution in [0.2, 0.25) is 0 Å². The molecule has 102 valence electrons. The van der Waals surface area contributed by atoms with Crippen molar-refractivity contribution >= 4 is 5.91 Å². The Bertz CT molecular complexity index is 320. The van der Waals surface area contributed by atoms with Crippen molar-refractivity contribution in [3.05, 3.63) is 0 Å². The third-order valence-electron chi connectivity index (χ3n) is 4.77. The van der Waals surface area contributed by atoms with Gasteiger partial charge in [-0.25, -0.2) is 0 Å². The van der Waals surface area contributed by atoms with Gasteiger partial charge in [0.25, 0.3) is 0 Å². The fourth-order valence-corrected chi connectivity index (χ4v) is 3.36. The molecule has 3 aliphatic rings. The molecule has 18 heavy (non-hydrogen) atoms. The molecule has 0 bridgehead atoms. The molecular weight excluding hydrogens is 228 g/mol. The maximum absolute atomic E-state index is 12.2. The first-order valence-corrected chi connectivity index (χ1v) is 7.36. The van der Waals surface area contributed by atoms with Gasteiger partial charge >= 0.3 is 0 Å². The van der Waals surface area contributed by atoms with Crippen LogP contribution in [0.25, 0.3) is 0 Å². The molecule has 2 heterocycles. The van der Waals surface area contributed by atoms with E-state index in [1.54, 1.807) is 0 Å². The van der Waals surface area contributed by atoms with E-state index in [4.69, 9.17) is 4.74 Å². The minimum atomic E-state index is -0.00589. The SMILES string of the molecule is CC1CNCC2(CCN(C(=O)C3CCC3)CC2)O1. The van der Waals surface area contributed by atoms with E-state index < -0.39 is 0 Å². The van der Waals surface area contributed by atoms with E-state index in [0.29, 0.717) is 17.9 Å². The lowest BCUT2D eigenvalue weighted by molar-refractivity contribution is -0.154. The predicted molar refractivity (Wildman–Crippen MR) is 69.3 cm³/mol. The van der Waals surface area contributed by atoms with Gasteiger partial charge in [-0.05, 0) is 32.6 Å². The predicted octanol–water partition coefficient (Wildman–Crippen LogP) is 1.16. The van der Waals surface area contributed by atoms with Crippen LogP contribution < -0.4 is 5.32 Å². The van der Waals surface area contributed by atoms with Gasteiger partial charge in [-0.2, -0.15) is 0 Å². The smallest absolute Gasteiger partial charge is 0.225 e. The molecule has 0 aromatic heterocycles. The van der Waals surface area contributed by atoms with Crippen molar-refractivity contribution in [3.8, 4) is 0 Å². The summed E-state index contributed by atoms with van der Waals surface area (Å²) in [5.74, 6) is 0.733. The molecule has 0 radical (unpaired) electrons. The first kappa shape index (κ1) is 12.4. The standard InChI is InChI=1S/C14H24N2O2/c1-11-9-15-10-14(18-11)5-7-16(8-6-14)13(17)12-3-2-4-12/h11-12,15H,2-10H2,1H3. The van der Waals surface area contributed by atoms with Crippen LogP contribution in [0.15, 0.2) is 0 Å². The van der Waals surface area contributed by atoms with E-state index in [1.807, 2.05) is 0 Å². The Balaban J connectivity index is 1.55. The number of likely N-dealkylation sites (tertiary alicyclic amines) is 1. The normalized spacial score (nSPS) is 32.3. The zero-order valence-corrected chi connectivity index (χ0v) is 11.3. The molecule has 1 amide bonds. The molecule has 1 N–H and O–H groups in total. The van der Waals surface area contributed by atoms with Crippen LogP contribution in [0, 0.1) is 5.92 Å². The zero-order chi connectivity index (χ0) is 12.6. The van der Waals surface area contributed by atoms with Crippen LogP contribution >= 0.6 is 0 Å². The summed E-state index contributed by atoms with van der Waals surface area (Å²) < 4.78 is 6.14. The van der Waals surface area contributed by atoms with Gasteiger partial charge in [0.15, 0.2) is 0 Å². The molecule has 3 fully saturated rings. The molecular formula is C14H24N2O2. The van der Waals surface area contributed by atoms with Gasteiger partial charge in [0.1, 0.15) is 0 Å². The first-order valence-electron chi connectivity index (χ1n) is 7.36. The molecule has 4 heteroatoms. The highest BCUT2D eigenvalue weighted by molar-refractivity contribution is 5.79. The van der Waals surface area contributed by atoms with E-state index >= 15 is 0 Å². The molecule has 1 aliphatic carbocycles. The van der Waals surface area contributed by atoms with E-state index in [2.05, 4.69) is 17.1 Å². The second kappa shape index (κ2) is 4.82. The highest BCUT2D eigenvalue weighted by Crippen LogP contribution is 2.33. The molecule has 0 aromatic carbocycles. The van der Waals surface area contributed by atoms with Crippen molar-refractivity contribution in [1.29, 1.82) is 0 Å². The largest absolute Gasteiger partial charge is 0.369 e. The third kappa shape index (κ3) is 2.28. The van der Waals surface area contributed by atoms with Crippen LogP contribution in [0.5, 0.6) is 0 Å². The second-order valence-corrected chi connectivity index (χ2v) is 6.20. The average molecular weight is 252 g/mol. The van der Waals surface area contributed by atoms with Gasteiger partial charge in [0.05, 0.1) is 11.7 Å². The summed E-state index contributed by atoms with van der Waals surface area (Å²) in [6.07, 6.45) is 5.72. The average Bonchev–Trinajstić information content (AvgIpc) is 2.27. The van der Waals surface area contributed by atoms with Crippen molar-refractivity contribution < 1.29 is 9.53 Å². The molecule has 2 aliphatic heterocycles. The van der Waals surface area contributed by atoms with Crippen LogP contribution in [-0.4, -0.2) is 48.7 Å². The number of nitrogens with one attached hydrogen (secondary N) is 1. The lowest BCUT2D eigenvalue weighted by atomic mass is 9.83. The Morgan fingerprint density at radius 2 is 2.06 bits per heavy atom. The number of nitrogens with zero attached hydrogens (tertiary/aromatic N) is 1. The zero-order valence-electron chi connectivity index (χ0n) is 11.3. The highest BCUT2D eigenvalue weighted by atomic mass is 16.5. The fourth-order valence-electron chi connectivity index (χ4n) is 3.36. The number of hydrogen-bond acceptors (Lipinski definition) is 3. The number of ether oxygens (including phenoxy) is 1. The Kier molecular flexibility index (Phi) is 3.32. The first-order chi connectivity index (χ1) is 8.69. The molecule has 1 atom stereocenters. The van der Waals surface area contributed by atoms with Crippen molar-refractivity contribution in [2.75, 3.05) is 26.2 Å². The molecule has 4 nitrogen and oxygen atoms in total. The molecule has 1 spiro atoms. The molecule has 1 saturated carbocycles. The van der Waals surface area contributed by atoms with Crippen molar-refractivity contribution in [3.63, 3.8) is 0 Å². The third-order valence-corrected chi connectivity index (χ3v) is 4.77. The number of morpholine rings is 1. The Morgan fingerprint density at radius 1 is 1.33 bits per heavy atom. The summed E-state index contributed by atoms with van der Waals surface area (Å²) in [5.41, 5.74) is -0.00589. The molecule has 2 saturated heterocycles. The maximum atomic E-state index is 12.2. The van der Waals surface area contributed by atoms with Gasteiger partial charge in [0, 0.05) is 32.1 Å². The maximum Gasteiger partial charge on any atom is 0.225 e. The topological polar surface area (TPSA) is 41.6 Å². The van der Waals surface area contributed by atoms with Gasteiger partial charge in [-0.3, -0.25) is 4.79 Å². The summed E-state index contributed by atoms with van der Waals surface area (Å²) in [6, 6.07) is 0. The van der Waals surface area contributed by atoms with Crippen molar-refractivity contribution in [2.24, 2.45) is 5.92 Å². The molecule has 3 rings (SSSR count). The number of carbonyl (C=O) groups is 1. The van der Waals surface area contributed by atoms with E-state index in [-0.39, 0.29) is 5.60 Å². The number of rotatable bonds is 1. The van der Waals surface area contributed by atoms with Gasteiger partial charge < -0.3 is 15.0 Å². The van der Waals surface area contributed by atoms with Gasteiger partial charge in [-0.15, -0.1) is 0 Å². The van der Waals surface area contributed by atoms with Crippen LogP contribution in [0.4, 0.5) is 0 Å². The minimum Gasteiger partial charge on any atom is -0.369 e. The van der Waals surface area contributed by atoms with Crippen molar-refractivity contribution in [1.82, 2.24) is 10.2 Å². The van der Waals surface area contributed by atoms with Crippen LogP contribution in [0.3, 0.4) is 0 Å². The molecule has 0 aromatic rings. The van der Waals surface area contributed by atoms with E-state index in [0.717, 1.165) is 51.9 Å². The molecule has 1 unspecified atom stereocenters. The number of amides is 1. The van der Waals surface area contributed by atoms with Gasteiger partial charge in [-0.1, -0.05) is 6.42 Å². The van der Waals surface area contributed by atoms with Crippen LogP contribution in [-0.2, 0) is 9.53 Å². The summed E-state index contributed by atoms with van der Waals surface area (Å²) in [5, 5.41) is 3.46. The van der Waals surface area contributed by atoms with Crippen LogP contribution in [0.1, 0.15) is 39.0 Å². The van der Waals surface area contributed by atoms with E-state index in [9.17, 15) is 4.79 Å². The van der Waals surface area contributed by atoms with Crippen molar-refractivity contribution in [2.45, 2.75) is 50.7 Å². The van der Waals surface area contributed by atoms with Gasteiger partial charge in [0.2, 0.25) is 5.91 Å². The number of carbonyl (C=O) groups excluding carboxylic acids is 1. The minimum absolute atomic E-state index is 0.00589. The summed E-state index contributed by atoms with van der Waals surface area (Å²) in [4.78, 5) is 14.3. The summed E-state index contributed by atoms with van der Waals surface area (Å²) in [7, 11) is 0. The Morgan fingerprint density at radius 3 is 2.61 bits per heavy atom.